The zero-order valence-electron chi connectivity index (χ0n) is 16.6. The summed E-state index contributed by atoms with van der Waals surface area (Å²) < 4.78 is 4.72. The fourth-order valence-corrected chi connectivity index (χ4v) is 3.22. The minimum Gasteiger partial charge on any atom is -0.505 e. The van der Waals surface area contributed by atoms with Gasteiger partial charge in [-0.2, -0.15) is 5.26 Å². The van der Waals surface area contributed by atoms with Crippen molar-refractivity contribution in [3.05, 3.63) is 83.2 Å². The lowest BCUT2D eigenvalue weighted by Crippen LogP contribution is -2.38. The largest absolute Gasteiger partial charge is 0.505 e. The van der Waals surface area contributed by atoms with Gasteiger partial charge in [0.25, 0.3) is 0 Å². The number of pyridine rings is 1. The quantitative estimate of drug-likeness (QED) is 0.586. The van der Waals surface area contributed by atoms with Crippen LogP contribution >= 0.6 is 0 Å². The number of ether oxygens (including phenoxy) is 1. The highest BCUT2D eigenvalue weighted by Gasteiger charge is 2.36. The first kappa shape index (κ1) is 20.8. The molecule has 1 aliphatic rings. The summed E-state index contributed by atoms with van der Waals surface area (Å²) in [6.07, 6.45) is 8.17. The molecule has 0 unspecified atom stereocenters. The Bertz CT molecular complexity index is 1050. The molecule has 1 amide bonds. The molecule has 7 heteroatoms. The number of esters is 1. The maximum atomic E-state index is 12.8. The fourth-order valence-electron chi connectivity index (χ4n) is 3.22. The number of amides is 1. The minimum atomic E-state index is -1.46. The number of carbonyl (C=O) groups is 2. The molecule has 1 aromatic heterocycles. The summed E-state index contributed by atoms with van der Waals surface area (Å²) >= 11 is 0. The maximum Gasteiger partial charge on any atom is 0.342 e. The van der Waals surface area contributed by atoms with Crippen LogP contribution in [0.2, 0.25) is 0 Å². The van der Waals surface area contributed by atoms with Crippen molar-refractivity contribution in [2.24, 2.45) is 5.41 Å². The van der Waals surface area contributed by atoms with E-state index in [2.05, 4.69) is 16.4 Å². The van der Waals surface area contributed by atoms with Gasteiger partial charge in [-0.05, 0) is 12.5 Å². The number of hydrogen-bond donors (Lipinski definition) is 2. The molecule has 1 heterocycles. The Kier molecular flexibility index (Phi) is 5.98. The van der Waals surface area contributed by atoms with Gasteiger partial charge in [-0.1, -0.05) is 54.6 Å². The number of aromatic hydroxyl groups is 1. The van der Waals surface area contributed by atoms with Gasteiger partial charge in [-0.15, -0.1) is 0 Å². The number of nitrogens with one attached hydrogen (secondary N) is 1. The summed E-state index contributed by atoms with van der Waals surface area (Å²) in [6, 6.07) is 11.8. The Morgan fingerprint density at radius 2 is 1.93 bits per heavy atom. The molecule has 0 bridgehead atoms. The lowest BCUT2D eigenvalue weighted by atomic mass is 9.80. The van der Waals surface area contributed by atoms with Crippen molar-refractivity contribution in [3.8, 4) is 11.8 Å². The highest BCUT2D eigenvalue weighted by molar-refractivity contribution is 5.95. The fraction of sp³-hybridized carbons (Fsp3) is 0.217. The molecule has 152 valence electrons. The molecule has 30 heavy (non-hydrogen) atoms. The van der Waals surface area contributed by atoms with Crippen LogP contribution in [0.1, 0.15) is 33.1 Å². The van der Waals surface area contributed by atoms with Crippen LogP contribution < -0.4 is 5.32 Å². The molecule has 3 rings (SSSR count). The Morgan fingerprint density at radius 1 is 1.27 bits per heavy atom. The van der Waals surface area contributed by atoms with Crippen molar-refractivity contribution in [1.29, 1.82) is 5.26 Å². The predicted octanol–water partition coefficient (Wildman–Crippen LogP) is 2.92. The molecule has 0 atom stereocenters. The van der Waals surface area contributed by atoms with Crippen LogP contribution in [0.5, 0.6) is 5.75 Å². The molecule has 0 fully saturated rings. The highest BCUT2D eigenvalue weighted by Crippen LogP contribution is 2.32. The van der Waals surface area contributed by atoms with E-state index in [-0.39, 0.29) is 35.0 Å². The smallest absolute Gasteiger partial charge is 0.342 e. The van der Waals surface area contributed by atoms with E-state index in [1.807, 2.05) is 42.5 Å². The number of methoxy groups -OCH3 is 1. The maximum absolute atomic E-state index is 12.8. The topological polar surface area (TPSA) is 112 Å². The number of rotatable bonds is 5. The Balaban J connectivity index is 1.78. The van der Waals surface area contributed by atoms with E-state index < -0.39 is 17.3 Å². The van der Waals surface area contributed by atoms with E-state index in [4.69, 9.17) is 4.74 Å². The van der Waals surface area contributed by atoms with Crippen molar-refractivity contribution in [3.63, 3.8) is 0 Å². The molecule has 7 nitrogen and oxygen atoms in total. The van der Waals surface area contributed by atoms with Crippen LogP contribution in [0, 0.1) is 23.7 Å². The summed E-state index contributed by atoms with van der Waals surface area (Å²) in [5.74, 6) is -1.60. The van der Waals surface area contributed by atoms with Crippen LogP contribution in [0.15, 0.2) is 60.8 Å². The summed E-state index contributed by atoms with van der Waals surface area (Å²) in [5.41, 5.74) is 0.0918. The number of benzene rings is 1. The normalized spacial score (nSPS) is 19.7. The van der Waals surface area contributed by atoms with Gasteiger partial charge in [0.2, 0.25) is 5.91 Å². The van der Waals surface area contributed by atoms with Crippen molar-refractivity contribution >= 4 is 11.9 Å². The number of hydrogen-bond acceptors (Lipinski definition) is 6. The van der Waals surface area contributed by atoms with Crippen LogP contribution in [-0.2, 0) is 16.1 Å². The van der Waals surface area contributed by atoms with Crippen LogP contribution in [-0.4, -0.2) is 29.1 Å². The molecule has 2 N–H and O–H groups in total. The third-order valence-corrected chi connectivity index (χ3v) is 5.02. The van der Waals surface area contributed by atoms with E-state index in [1.54, 1.807) is 19.1 Å². The second kappa shape index (κ2) is 8.62. The molecule has 0 aliphatic heterocycles. The van der Waals surface area contributed by atoms with Gasteiger partial charge in [0, 0.05) is 24.2 Å². The summed E-state index contributed by atoms with van der Waals surface area (Å²) in [6.45, 7) is 1.45. The van der Waals surface area contributed by atoms with Crippen LogP contribution in [0.25, 0.3) is 0 Å². The second-order valence-electron chi connectivity index (χ2n) is 6.90. The predicted molar refractivity (Wildman–Crippen MR) is 109 cm³/mol. The van der Waals surface area contributed by atoms with Gasteiger partial charge in [0.05, 0.1) is 18.9 Å². The highest BCUT2D eigenvalue weighted by atomic mass is 16.5. The summed E-state index contributed by atoms with van der Waals surface area (Å²) in [5, 5.41) is 22.5. The molecule has 0 radical (unpaired) electrons. The van der Waals surface area contributed by atoms with Crippen LogP contribution in [0.3, 0.4) is 0 Å². The molecule has 1 aliphatic carbocycles. The lowest BCUT2D eigenvalue weighted by Gasteiger charge is -2.24. The van der Waals surface area contributed by atoms with E-state index in [1.165, 1.54) is 13.3 Å². The number of carbonyl (C=O) groups excluding carboxylic acids is 2. The molecule has 0 saturated carbocycles. The molecular weight excluding hydrogens is 382 g/mol. The van der Waals surface area contributed by atoms with E-state index in [9.17, 15) is 20.0 Å². The van der Waals surface area contributed by atoms with Gasteiger partial charge in [0.15, 0.2) is 11.2 Å². The van der Waals surface area contributed by atoms with Gasteiger partial charge in [-0.3, -0.25) is 9.78 Å². The first-order chi connectivity index (χ1) is 14.4. The van der Waals surface area contributed by atoms with E-state index >= 15 is 0 Å². The molecule has 0 saturated heterocycles. The zero-order chi connectivity index (χ0) is 21.7. The first-order valence-corrected chi connectivity index (χ1v) is 9.31. The van der Waals surface area contributed by atoms with Gasteiger partial charge in [0.1, 0.15) is 5.56 Å². The van der Waals surface area contributed by atoms with Crippen LogP contribution in [0.4, 0.5) is 0 Å². The number of nitriles is 1. The summed E-state index contributed by atoms with van der Waals surface area (Å²) in [7, 11) is 1.20. The molecule has 2 aromatic rings. The van der Waals surface area contributed by atoms with Gasteiger partial charge >= 0.3 is 5.97 Å². The van der Waals surface area contributed by atoms with Crippen molar-refractivity contribution in [2.45, 2.75) is 19.4 Å². The number of nitrogens with zero attached hydrogens (tertiary/aromatic N) is 2. The van der Waals surface area contributed by atoms with Crippen molar-refractivity contribution in [1.82, 2.24) is 10.3 Å². The number of allylic oxidation sites excluding steroid dienone is 2. The Labute approximate surface area is 174 Å². The molecular formula is C23H21N3O4. The van der Waals surface area contributed by atoms with E-state index in [0.717, 1.165) is 5.56 Å². The number of aryl methyl sites for hydroxylation is 1. The Morgan fingerprint density at radius 3 is 2.53 bits per heavy atom. The third kappa shape index (κ3) is 3.94. The third-order valence-electron chi connectivity index (χ3n) is 5.02. The average Bonchev–Trinajstić information content (AvgIpc) is 2.79. The van der Waals surface area contributed by atoms with Crippen molar-refractivity contribution < 1.29 is 19.4 Å². The average molecular weight is 403 g/mol. The molecule has 0 spiro atoms. The van der Waals surface area contributed by atoms with Crippen molar-refractivity contribution in [2.75, 3.05) is 7.11 Å². The first-order valence-electron chi connectivity index (χ1n) is 9.31. The minimum absolute atomic E-state index is 0.0235. The van der Waals surface area contributed by atoms with Gasteiger partial charge < -0.3 is 15.2 Å². The standard InChI is InChI=1S/C23H21N3O4/c1-15-20(27)19(21(28)30-2)18(12-25-15)13-26-22(29)23(14-24)10-8-17(9-11-23)16-6-4-3-5-7-16/h3-12,17,27H,13H2,1-2H3,(H,26,29). The lowest BCUT2D eigenvalue weighted by molar-refractivity contribution is -0.124. The Hall–Kier alpha value is -3.92. The zero-order valence-corrected chi connectivity index (χ0v) is 16.6. The SMILES string of the molecule is COC(=O)c1c(CNC(=O)C2(C#N)C=CC(c3ccccc3)C=C2)cnc(C)c1O. The molecule has 1 aromatic carbocycles. The summed E-state index contributed by atoms with van der Waals surface area (Å²) in [4.78, 5) is 28.9. The van der Waals surface area contributed by atoms with Gasteiger partial charge in [-0.25, -0.2) is 4.79 Å². The number of aromatic nitrogens is 1. The monoisotopic (exact) mass is 403 g/mol. The van der Waals surface area contributed by atoms with E-state index in [0.29, 0.717) is 0 Å². The second-order valence-corrected chi connectivity index (χ2v) is 6.90.